The second-order valence-corrected chi connectivity index (χ2v) is 6.90. The molecule has 0 aliphatic carbocycles. The fourth-order valence-corrected chi connectivity index (χ4v) is 3.59. The summed E-state index contributed by atoms with van der Waals surface area (Å²) in [6.45, 7) is 6.09. The number of H-pyrrole nitrogens is 1. The van der Waals surface area contributed by atoms with Crippen LogP contribution in [0, 0.1) is 12.8 Å². The quantitative estimate of drug-likeness (QED) is 0.886. The zero-order valence-corrected chi connectivity index (χ0v) is 13.4. The number of rotatable bonds is 3. The van der Waals surface area contributed by atoms with Gasteiger partial charge in [-0.15, -0.1) is 0 Å². The average Bonchev–Trinajstić information content (AvgIpc) is 2.86. The van der Waals surface area contributed by atoms with E-state index in [1.165, 1.54) is 23.7 Å². The number of thioether (sulfide) groups is 1. The van der Waals surface area contributed by atoms with Crippen LogP contribution in [-0.2, 0) is 4.79 Å². The van der Waals surface area contributed by atoms with Gasteiger partial charge in [0.1, 0.15) is 0 Å². The third-order valence-electron chi connectivity index (χ3n) is 3.96. The first kappa shape index (κ1) is 14.4. The molecule has 2 heterocycles. The Bertz CT molecular complexity index is 652. The fraction of sp³-hybridized carbons (Fsp3) is 0.500. The number of aromatic amines is 1. The van der Waals surface area contributed by atoms with E-state index in [4.69, 9.17) is 0 Å². The molecule has 0 spiro atoms. The van der Waals surface area contributed by atoms with Crippen molar-refractivity contribution in [2.75, 3.05) is 18.8 Å². The van der Waals surface area contributed by atoms with Crippen LogP contribution in [0.25, 0.3) is 11.0 Å². The van der Waals surface area contributed by atoms with Gasteiger partial charge in [-0.3, -0.25) is 4.79 Å². The van der Waals surface area contributed by atoms with Crippen molar-refractivity contribution >= 4 is 28.7 Å². The predicted octanol–water partition coefficient (Wildman–Crippen LogP) is 3.22. The van der Waals surface area contributed by atoms with Gasteiger partial charge in [-0.05, 0) is 43.4 Å². The van der Waals surface area contributed by atoms with Crippen LogP contribution in [-0.4, -0.2) is 39.6 Å². The van der Waals surface area contributed by atoms with Crippen LogP contribution in [0.5, 0.6) is 0 Å². The maximum absolute atomic E-state index is 12.2. The van der Waals surface area contributed by atoms with Crippen LogP contribution in [0.2, 0.25) is 0 Å². The van der Waals surface area contributed by atoms with Gasteiger partial charge >= 0.3 is 0 Å². The number of benzene rings is 1. The lowest BCUT2D eigenvalue weighted by Crippen LogP contribution is -2.40. The molecule has 21 heavy (non-hydrogen) atoms. The molecule has 3 rings (SSSR count). The Hall–Kier alpha value is -1.49. The maximum Gasteiger partial charge on any atom is 0.233 e. The van der Waals surface area contributed by atoms with Crippen LogP contribution in [0.3, 0.4) is 0 Å². The second-order valence-electron chi connectivity index (χ2n) is 5.94. The van der Waals surface area contributed by atoms with E-state index in [9.17, 15) is 4.79 Å². The molecule has 1 saturated heterocycles. The van der Waals surface area contributed by atoms with Gasteiger partial charge in [0.25, 0.3) is 0 Å². The molecule has 0 radical (unpaired) electrons. The molecule has 1 amide bonds. The van der Waals surface area contributed by atoms with Crippen molar-refractivity contribution in [3.05, 3.63) is 23.8 Å². The first-order chi connectivity index (χ1) is 10.1. The standard InChI is InChI=1S/C16H21N3OS/c1-11-5-6-13-14(8-11)18-16(17-13)21-10-15(20)19-7-3-4-12(2)9-19/h5-6,8,12H,3-4,7,9-10H2,1-2H3,(H,17,18)/t12-/m1/s1. The Morgan fingerprint density at radius 3 is 3.19 bits per heavy atom. The number of likely N-dealkylation sites (tertiary alicyclic amines) is 1. The van der Waals surface area contributed by atoms with Crippen molar-refractivity contribution in [3.8, 4) is 0 Å². The SMILES string of the molecule is Cc1ccc2nc(SCC(=O)N3CCC[C@@H](C)C3)[nH]c2c1. The lowest BCUT2D eigenvalue weighted by molar-refractivity contribution is -0.130. The molecule has 0 unspecified atom stereocenters. The highest BCUT2D eigenvalue weighted by Gasteiger charge is 2.21. The van der Waals surface area contributed by atoms with Crippen molar-refractivity contribution in [1.29, 1.82) is 0 Å². The number of piperidine rings is 1. The normalized spacial score (nSPS) is 19.1. The van der Waals surface area contributed by atoms with Crippen LogP contribution in [0.15, 0.2) is 23.4 Å². The number of hydrogen-bond acceptors (Lipinski definition) is 3. The summed E-state index contributed by atoms with van der Waals surface area (Å²) in [4.78, 5) is 22.1. The Morgan fingerprint density at radius 1 is 1.52 bits per heavy atom. The van der Waals surface area contributed by atoms with Gasteiger partial charge in [0, 0.05) is 13.1 Å². The monoisotopic (exact) mass is 303 g/mol. The lowest BCUT2D eigenvalue weighted by Gasteiger charge is -2.30. The van der Waals surface area contributed by atoms with Crippen LogP contribution < -0.4 is 0 Å². The van der Waals surface area contributed by atoms with Gasteiger partial charge in [0.15, 0.2) is 5.16 Å². The van der Waals surface area contributed by atoms with E-state index in [0.717, 1.165) is 35.7 Å². The van der Waals surface area contributed by atoms with Crippen molar-refractivity contribution < 1.29 is 4.79 Å². The molecular formula is C16H21N3OS. The van der Waals surface area contributed by atoms with Gasteiger partial charge in [-0.2, -0.15) is 0 Å². The largest absolute Gasteiger partial charge is 0.342 e. The van der Waals surface area contributed by atoms with Gasteiger partial charge in [-0.25, -0.2) is 4.98 Å². The molecule has 1 aliphatic rings. The highest BCUT2D eigenvalue weighted by Crippen LogP contribution is 2.22. The number of nitrogens with one attached hydrogen (secondary N) is 1. The van der Waals surface area contributed by atoms with Crippen molar-refractivity contribution in [3.63, 3.8) is 0 Å². The number of carbonyl (C=O) groups excluding carboxylic acids is 1. The summed E-state index contributed by atoms with van der Waals surface area (Å²) in [5.74, 6) is 1.32. The van der Waals surface area contributed by atoms with Crippen molar-refractivity contribution in [1.82, 2.24) is 14.9 Å². The highest BCUT2D eigenvalue weighted by atomic mass is 32.2. The first-order valence-electron chi connectivity index (χ1n) is 7.49. The van der Waals surface area contributed by atoms with E-state index in [-0.39, 0.29) is 5.91 Å². The number of hydrogen-bond donors (Lipinski definition) is 1. The fourth-order valence-electron chi connectivity index (χ4n) is 2.81. The molecular weight excluding hydrogens is 282 g/mol. The maximum atomic E-state index is 12.2. The Balaban J connectivity index is 1.61. The molecule has 0 bridgehead atoms. The van der Waals surface area contributed by atoms with Crippen LogP contribution in [0.4, 0.5) is 0 Å². The molecule has 1 aromatic carbocycles. The highest BCUT2D eigenvalue weighted by molar-refractivity contribution is 7.99. The molecule has 112 valence electrons. The van der Waals surface area contributed by atoms with Gasteiger partial charge in [0.05, 0.1) is 16.8 Å². The molecule has 0 saturated carbocycles. The minimum absolute atomic E-state index is 0.225. The Kier molecular flexibility index (Phi) is 4.19. The number of carbonyl (C=O) groups is 1. The van der Waals surface area contributed by atoms with Gasteiger partial charge in [-0.1, -0.05) is 24.8 Å². The van der Waals surface area contributed by atoms with Crippen LogP contribution in [0.1, 0.15) is 25.3 Å². The number of fused-ring (bicyclic) bond motifs is 1. The number of imidazole rings is 1. The molecule has 1 fully saturated rings. The van der Waals surface area contributed by atoms with E-state index >= 15 is 0 Å². The number of aromatic nitrogens is 2. The third kappa shape index (κ3) is 3.40. The minimum atomic E-state index is 0.225. The second kappa shape index (κ2) is 6.10. The van der Waals surface area contributed by atoms with Crippen molar-refractivity contribution in [2.45, 2.75) is 31.8 Å². The zero-order chi connectivity index (χ0) is 14.8. The third-order valence-corrected chi connectivity index (χ3v) is 4.82. The molecule has 5 heteroatoms. The number of amides is 1. The average molecular weight is 303 g/mol. The Morgan fingerprint density at radius 2 is 2.38 bits per heavy atom. The van der Waals surface area contributed by atoms with Crippen LogP contribution >= 0.6 is 11.8 Å². The summed E-state index contributed by atoms with van der Waals surface area (Å²) in [6, 6.07) is 6.15. The molecule has 1 atom stereocenters. The summed E-state index contributed by atoms with van der Waals surface area (Å²) >= 11 is 1.50. The van der Waals surface area contributed by atoms with Crippen molar-refractivity contribution in [2.24, 2.45) is 5.92 Å². The smallest absolute Gasteiger partial charge is 0.233 e. The molecule has 1 aromatic heterocycles. The van der Waals surface area contributed by atoms with E-state index in [1.807, 2.05) is 11.0 Å². The Labute approximate surface area is 129 Å². The van der Waals surface area contributed by atoms with E-state index in [1.54, 1.807) is 0 Å². The van der Waals surface area contributed by atoms with E-state index < -0.39 is 0 Å². The van der Waals surface area contributed by atoms with E-state index in [0.29, 0.717) is 11.7 Å². The summed E-state index contributed by atoms with van der Waals surface area (Å²) in [5, 5.41) is 0.828. The zero-order valence-electron chi connectivity index (χ0n) is 12.6. The summed E-state index contributed by atoms with van der Waals surface area (Å²) in [6.07, 6.45) is 2.36. The van der Waals surface area contributed by atoms with Gasteiger partial charge in [0.2, 0.25) is 5.91 Å². The summed E-state index contributed by atoms with van der Waals surface area (Å²) in [5.41, 5.74) is 3.21. The molecule has 2 aromatic rings. The molecule has 1 aliphatic heterocycles. The lowest BCUT2D eigenvalue weighted by atomic mass is 10.0. The molecule has 1 N–H and O–H groups in total. The topological polar surface area (TPSA) is 49.0 Å². The summed E-state index contributed by atoms with van der Waals surface area (Å²) in [7, 11) is 0. The predicted molar refractivity (Wildman–Crippen MR) is 86.5 cm³/mol. The minimum Gasteiger partial charge on any atom is -0.342 e. The molecule has 4 nitrogen and oxygen atoms in total. The van der Waals surface area contributed by atoms with Gasteiger partial charge < -0.3 is 9.88 Å². The summed E-state index contributed by atoms with van der Waals surface area (Å²) < 4.78 is 0. The number of aryl methyl sites for hydroxylation is 1. The van der Waals surface area contributed by atoms with E-state index in [2.05, 4.69) is 35.9 Å². The number of nitrogens with zero attached hydrogens (tertiary/aromatic N) is 2. The first-order valence-corrected chi connectivity index (χ1v) is 8.47.